The van der Waals surface area contributed by atoms with Gasteiger partial charge in [0.05, 0.1) is 21.8 Å². The third-order valence-corrected chi connectivity index (χ3v) is 2.90. The lowest BCUT2D eigenvalue weighted by Crippen LogP contribution is -2.21. The molecular formula is C10H5Cl2F3N4O. The first-order valence-corrected chi connectivity index (χ1v) is 5.73. The van der Waals surface area contributed by atoms with Crippen LogP contribution < -0.4 is 5.73 Å². The zero-order valence-corrected chi connectivity index (χ0v) is 11.0. The number of carbonyl (C=O) groups is 1. The van der Waals surface area contributed by atoms with E-state index in [9.17, 15) is 18.0 Å². The molecule has 2 aromatic rings. The first-order chi connectivity index (χ1) is 9.23. The van der Waals surface area contributed by atoms with Gasteiger partial charge in [-0.15, -0.1) is 0 Å². The van der Waals surface area contributed by atoms with Gasteiger partial charge in [0.2, 0.25) is 0 Å². The summed E-state index contributed by atoms with van der Waals surface area (Å²) in [6, 6.07) is 0. The van der Waals surface area contributed by atoms with Crippen molar-refractivity contribution in [3.8, 4) is 5.69 Å². The van der Waals surface area contributed by atoms with Crippen molar-refractivity contribution in [2.45, 2.75) is 6.18 Å². The molecular weight excluding hydrogens is 320 g/mol. The summed E-state index contributed by atoms with van der Waals surface area (Å²) in [7, 11) is 0. The summed E-state index contributed by atoms with van der Waals surface area (Å²) in [6.07, 6.45) is -1.95. The van der Waals surface area contributed by atoms with Crippen LogP contribution in [0.25, 0.3) is 5.69 Å². The molecule has 0 atom stereocenters. The molecule has 106 valence electrons. The van der Waals surface area contributed by atoms with Crippen LogP contribution in [0.4, 0.5) is 13.2 Å². The van der Waals surface area contributed by atoms with Crippen molar-refractivity contribution in [3.05, 3.63) is 39.9 Å². The molecule has 2 aromatic heterocycles. The van der Waals surface area contributed by atoms with E-state index in [1.807, 2.05) is 0 Å². The molecule has 20 heavy (non-hydrogen) atoms. The van der Waals surface area contributed by atoms with Gasteiger partial charge in [0.1, 0.15) is 5.69 Å². The fraction of sp³-hybridized carbons (Fsp3) is 0.100. The van der Waals surface area contributed by atoms with Gasteiger partial charge >= 0.3 is 6.18 Å². The first kappa shape index (κ1) is 14.6. The van der Waals surface area contributed by atoms with Crippen LogP contribution in [0.15, 0.2) is 18.6 Å². The highest BCUT2D eigenvalue weighted by atomic mass is 35.5. The van der Waals surface area contributed by atoms with Gasteiger partial charge in [-0.2, -0.15) is 18.3 Å². The van der Waals surface area contributed by atoms with Gasteiger partial charge < -0.3 is 5.73 Å². The number of pyridine rings is 1. The van der Waals surface area contributed by atoms with Crippen LogP contribution in [-0.2, 0) is 6.18 Å². The number of hydrogen-bond donors (Lipinski definition) is 1. The first-order valence-electron chi connectivity index (χ1n) is 4.98. The molecule has 0 radical (unpaired) electrons. The maximum atomic E-state index is 13.1. The summed E-state index contributed by atoms with van der Waals surface area (Å²) in [5, 5.41) is 3.19. The number of hydrogen-bond acceptors (Lipinski definition) is 3. The molecule has 0 aliphatic rings. The second kappa shape index (κ2) is 4.95. The molecule has 0 spiro atoms. The van der Waals surface area contributed by atoms with E-state index >= 15 is 0 Å². The number of aromatic nitrogens is 3. The molecule has 0 bridgehead atoms. The monoisotopic (exact) mass is 324 g/mol. The van der Waals surface area contributed by atoms with Gasteiger partial charge in [0.15, 0.2) is 5.69 Å². The highest BCUT2D eigenvalue weighted by Gasteiger charge is 2.40. The van der Waals surface area contributed by atoms with E-state index in [0.29, 0.717) is 10.9 Å². The summed E-state index contributed by atoms with van der Waals surface area (Å²) in [4.78, 5) is 14.7. The van der Waals surface area contributed by atoms with E-state index in [2.05, 4.69) is 10.1 Å². The minimum absolute atomic E-state index is 0.151. The smallest absolute Gasteiger partial charge is 0.365 e. The minimum Gasteiger partial charge on any atom is -0.365 e. The van der Waals surface area contributed by atoms with Crippen molar-refractivity contribution in [1.82, 2.24) is 14.8 Å². The molecule has 1 amide bonds. The average Bonchev–Trinajstić information content (AvgIpc) is 2.73. The van der Waals surface area contributed by atoms with Gasteiger partial charge in [0, 0.05) is 12.4 Å². The van der Waals surface area contributed by atoms with Crippen molar-refractivity contribution >= 4 is 29.1 Å². The van der Waals surface area contributed by atoms with E-state index in [1.54, 1.807) is 0 Å². The molecule has 0 aromatic carbocycles. The topological polar surface area (TPSA) is 73.8 Å². The maximum Gasteiger partial charge on any atom is 0.434 e. The van der Waals surface area contributed by atoms with Gasteiger partial charge in [-0.1, -0.05) is 23.2 Å². The van der Waals surface area contributed by atoms with Gasteiger partial charge in [-0.3, -0.25) is 9.78 Å². The van der Waals surface area contributed by atoms with Crippen molar-refractivity contribution in [2.24, 2.45) is 5.73 Å². The Hall–Kier alpha value is -1.80. The molecule has 0 aliphatic heterocycles. The van der Waals surface area contributed by atoms with E-state index in [-0.39, 0.29) is 15.7 Å². The zero-order valence-electron chi connectivity index (χ0n) is 9.45. The fourth-order valence-corrected chi connectivity index (χ4v) is 2.10. The maximum absolute atomic E-state index is 13.1. The summed E-state index contributed by atoms with van der Waals surface area (Å²) in [5.41, 5.74) is 2.55. The Bertz CT molecular complexity index is 663. The lowest BCUT2D eigenvalue weighted by Gasteiger charge is -2.13. The Labute approximate surface area is 120 Å². The van der Waals surface area contributed by atoms with Crippen LogP contribution in [0.5, 0.6) is 0 Å². The largest absolute Gasteiger partial charge is 0.434 e. The van der Waals surface area contributed by atoms with Crippen LogP contribution >= 0.6 is 23.2 Å². The van der Waals surface area contributed by atoms with Crippen molar-refractivity contribution < 1.29 is 18.0 Å². The van der Waals surface area contributed by atoms with Gasteiger partial charge in [-0.05, 0) is 0 Å². The molecule has 0 fully saturated rings. The summed E-state index contributed by atoms with van der Waals surface area (Å²) < 4.78 is 39.7. The number of halogens is 5. The molecule has 0 saturated carbocycles. The van der Waals surface area contributed by atoms with Crippen LogP contribution in [0.1, 0.15) is 16.1 Å². The van der Waals surface area contributed by atoms with E-state index in [1.165, 1.54) is 0 Å². The number of primary amides is 1. The highest BCUT2D eigenvalue weighted by molar-refractivity contribution is 6.37. The lowest BCUT2D eigenvalue weighted by atomic mass is 10.2. The zero-order chi connectivity index (χ0) is 15.1. The Morgan fingerprint density at radius 2 is 1.75 bits per heavy atom. The Balaban J connectivity index is 2.80. The number of alkyl halides is 3. The lowest BCUT2D eigenvalue weighted by molar-refractivity contribution is -0.143. The fourth-order valence-electron chi connectivity index (χ4n) is 1.58. The SMILES string of the molecule is NC(=O)c1cnn(-c2c(Cl)cncc2Cl)c1C(F)(F)F. The normalized spacial score (nSPS) is 11.7. The second-order valence-electron chi connectivity index (χ2n) is 3.63. The van der Waals surface area contributed by atoms with E-state index in [4.69, 9.17) is 28.9 Å². The van der Waals surface area contributed by atoms with Crippen LogP contribution in [0.3, 0.4) is 0 Å². The quantitative estimate of drug-likeness (QED) is 0.922. The molecule has 10 heteroatoms. The van der Waals surface area contributed by atoms with E-state index < -0.39 is 23.3 Å². The standard InChI is InChI=1S/C10H5Cl2F3N4O/c11-5-2-17-3-6(12)7(5)19-8(10(13,14)15)4(1-18-19)9(16)20/h1-3H,(H2,16,20). The second-order valence-corrected chi connectivity index (χ2v) is 4.45. The molecule has 5 nitrogen and oxygen atoms in total. The number of nitrogens with zero attached hydrogens (tertiary/aromatic N) is 3. The minimum atomic E-state index is -4.86. The predicted octanol–water partition coefficient (Wildman–Crippen LogP) is 2.69. The Morgan fingerprint density at radius 3 is 2.20 bits per heavy atom. The predicted molar refractivity (Wildman–Crippen MR) is 64.9 cm³/mol. The summed E-state index contributed by atoms with van der Waals surface area (Å²) >= 11 is 11.6. The van der Waals surface area contributed by atoms with Gasteiger partial charge in [0.25, 0.3) is 5.91 Å². The Kier molecular flexibility index (Phi) is 3.61. The summed E-state index contributed by atoms with van der Waals surface area (Å²) in [6.45, 7) is 0. The summed E-state index contributed by atoms with van der Waals surface area (Å²) in [5.74, 6) is -1.26. The van der Waals surface area contributed by atoms with Crippen molar-refractivity contribution in [3.63, 3.8) is 0 Å². The van der Waals surface area contributed by atoms with Crippen molar-refractivity contribution in [2.75, 3.05) is 0 Å². The third kappa shape index (κ3) is 2.44. The van der Waals surface area contributed by atoms with Crippen LogP contribution in [0.2, 0.25) is 10.0 Å². The van der Waals surface area contributed by atoms with Crippen LogP contribution in [0, 0.1) is 0 Å². The van der Waals surface area contributed by atoms with Gasteiger partial charge in [-0.25, -0.2) is 4.68 Å². The Morgan fingerprint density at radius 1 is 1.20 bits per heavy atom. The van der Waals surface area contributed by atoms with Crippen molar-refractivity contribution in [1.29, 1.82) is 0 Å². The van der Waals surface area contributed by atoms with E-state index in [0.717, 1.165) is 12.4 Å². The number of rotatable bonds is 2. The number of carbonyl (C=O) groups excluding carboxylic acids is 1. The number of nitrogens with two attached hydrogens (primary N) is 1. The molecule has 0 aliphatic carbocycles. The molecule has 2 heterocycles. The molecule has 0 unspecified atom stereocenters. The van der Waals surface area contributed by atoms with Crippen LogP contribution in [-0.4, -0.2) is 20.7 Å². The molecule has 2 rings (SSSR count). The molecule has 2 N–H and O–H groups in total. The molecule has 0 saturated heterocycles. The number of amides is 1. The average molecular weight is 325 g/mol. The highest BCUT2D eigenvalue weighted by Crippen LogP contribution is 2.36. The third-order valence-electron chi connectivity index (χ3n) is 2.34.